The molecule has 0 aromatic heterocycles. The number of aliphatic hydroxyl groups is 1. The summed E-state index contributed by atoms with van der Waals surface area (Å²) in [7, 11) is -1.34. The molecular formula is C10H22N2O3S. The molecule has 96 valence electrons. The number of β-amino-alcohol motifs (C(OH)–C–C–N with tert-alkyl or cyclic N) is 1. The summed E-state index contributed by atoms with van der Waals surface area (Å²) in [5.41, 5.74) is 0. The van der Waals surface area contributed by atoms with Crippen LogP contribution in [0, 0.1) is 5.92 Å². The third-order valence-corrected chi connectivity index (χ3v) is 4.44. The average molecular weight is 250 g/mol. The van der Waals surface area contributed by atoms with Crippen molar-refractivity contribution in [2.24, 2.45) is 5.92 Å². The van der Waals surface area contributed by atoms with Crippen molar-refractivity contribution in [3.05, 3.63) is 0 Å². The van der Waals surface area contributed by atoms with Crippen LogP contribution < -0.4 is 4.72 Å². The van der Waals surface area contributed by atoms with Crippen LogP contribution in [0.2, 0.25) is 0 Å². The molecule has 16 heavy (non-hydrogen) atoms. The van der Waals surface area contributed by atoms with Gasteiger partial charge in [-0.15, -0.1) is 0 Å². The lowest BCUT2D eigenvalue weighted by atomic mass is 10.0. The summed E-state index contributed by atoms with van der Waals surface area (Å²) in [6.07, 6.45) is 0.0512. The SMILES string of the molecule is CC(C)CS(=O)(=O)NC1CCN(C)CC1O. The maximum Gasteiger partial charge on any atom is 0.212 e. The molecule has 0 aromatic carbocycles. The van der Waals surface area contributed by atoms with Crippen molar-refractivity contribution >= 4 is 10.0 Å². The Morgan fingerprint density at radius 1 is 1.50 bits per heavy atom. The molecule has 2 unspecified atom stereocenters. The Labute approximate surface area is 97.9 Å². The molecule has 1 fully saturated rings. The van der Waals surface area contributed by atoms with Gasteiger partial charge in [0.15, 0.2) is 0 Å². The van der Waals surface area contributed by atoms with E-state index in [0.717, 1.165) is 6.54 Å². The maximum absolute atomic E-state index is 11.7. The largest absolute Gasteiger partial charge is 0.390 e. The van der Waals surface area contributed by atoms with Crippen LogP contribution in [0.25, 0.3) is 0 Å². The van der Waals surface area contributed by atoms with Crippen molar-refractivity contribution < 1.29 is 13.5 Å². The summed E-state index contributed by atoms with van der Waals surface area (Å²) in [4.78, 5) is 2.00. The standard InChI is InChI=1S/C10H22N2O3S/c1-8(2)7-16(14,15)11-9-4-5-12(3)6-10(9)13/h8-11,13H,4-7H2,1-3H3. The topological polar surface area (TPSA) is 69.6 Å². The van der Waals surface area contributed by atoms with E-state index in [0.29, 0.717) is 13.0 Å². The van der Waals surface area contributed by atoms with E-state index in [1.54, 1.807) is 0 Å². The number of hydrogen-bond donors (Lipinski definition) is 2. The molecule has 1 heterocycles. The number of likely N-dealkylation sites (tertiary alicyclic amines) is 1. The van der Waals surface area contributed by atoms with Gasteiger partial charge in [-0.3, -0.25) is 0 Å². The van der Waals surface area contributed by atoms with E-state index in [2.05, 4.69) is 4.72 Å². The molecule has 0 amide bonds. The Bertz CT molecular complexity index is 316. The fourth-order valence-electron chi connectivity index (χ4n) is 1.94. The van der Waals surface area contributed by atoms with Crippen LogP contribution in [0.15, 0.2) is 0 Å². The Morgan fingerprint density at radius 2 is 2.12 bits per heavy atom. The highest BCUT2D eigenvalue weighted by molar-refractivity contribution is 7.89. The Morgan fingerprint density at radius 3 is 2.62 bits per heavy atom. The second-order valence-corrected chi connectivity index (χ2v) is 6.82. The van der Waals surface area contributed by atoms with Crippen LogP contribution >= 0.6 is 0 Å². The van der Waals surface area contributed by atoms with Gasteiger partial charge in [-0.25, -0.2) is 13.1 Å². The van der Waals surface area contributed by atoms with Crippen LogP contribution in [-0.2, 0) is 10.0 Å². The monoisotopic (exact) mass is 250 g/mol. The van der Waals surface area contributed by atoms with Crippen LogP contribution in [0.5, 0.6) is 0 Å². The van der Waals surface area contributed by atoms with Crippen molar-refractivity contribution in [2.75, 3.05) is 25.9 Å². The van der Waals surface area contributed by atoms with Gasteiger partial charge in [-0.2, -0.15) is 0 Å². The van der Waals surface area contributed by atoms with E-state index in [4.69, 9.17) is 0 Å². The van der Waals surface area contributed by atoms with Crippen molar-refractivity contribution in [2.45, 2.75) is 32.4 Å². The van der Waals surface area contributed by atoms with Gasteiger partial charge in [0, 0.05) is 6.54 Å². The molecule has 0 saturated carbocycles. The second-order valence-electron chi connectivity index (χ2n) is 5.02. The molecular weight excluding hydrogens is 228 g/mol. The summed E-state index contributed by atoms with van der Waals surface area (Å²) in [6.45, 7) is 5.06. The molecule has 0 spiro atoms. The third kappa shape index (κ3) is 4.37. The molecule has 0 radical (unpaired) electrons. The van der Waals surface area contributed by atoms with Crippen molar-refractivity contribution in [1.82, 2.24) is 9.62 Å². The van der Waals surface area contributed by atoms with E-state index in [9.17, 15) is 13.5 Å². The lowest BCUT2D eigenvalue weighted by Crippen LogP contribution is -2.53. The molecule has 5 nitrogen and oxygen atoms in total. The minimum absolute atomic E-state index is 0.0981. The molecule has 1 saturated heterocycles. The summed E-state index contributed by atoms with van der Waals surface area (Å²) in [5.74, 6) is 0.215. The van der Waals surface area contributed by atoms with Crippen LogP contribution in [0.4, 0.5) is 0 Å². The number of likely N-dealkylation sites (N-methyl/N-ethyl adjacent to an activating group) is 1. The third-order valence-electron chi connectivity index (χ3n) is 2.67. The van der Waals surface area contributed by atoms with Crippen molar-refractivity contribution in [3.63, 3.8) is 0 Å². The molecule has 0 aliphatic carbocycles. The normalized spacial score (nSPS) is 28.6. The zero-order chi connectivity index (χ0) is 12.3. The first-order valence-corrected chi connectivity index (χ1v) is 7.32. The Hall–Kier alpha value is -0.170. The minimum Gasteiger partial charge on any atom is -0.390 e. The number of nitrogens with one attached hydrogen (secondary N) is 1. The number of hydrogen-bond acceptors (Lipinski definition) is 4. The van der Waals surface area contributed by atoms with Crippen molar-refractivity contribution in [1.29, 1.82) is 0 Å². The average Bonchev–Trinajstić information content (AvgIpc) is 2.07. The van der Waals surface area contributed by atoms with E-state index in [1.165, 1.54) is 0 Å². The van der Waals surface area contributed by atoms with Crippen molar-refractivity contribution in [3.8, 4) is 0 Å². The van der Waals surface area contributed by atoms with Gasteiger partial charge in [0.1, 0.15) is 0 Å². The van der Waals surface area contributed by atoms with Gasteiger partial charge < -0.3 is 10.0 Å². The predicted octanol–water partition coefficient (Wildman–Crippen LogP) is -0.373. The summed E-state index contributed by atoms with van der Waals surface area (Å²) < 4.78 is 26.0. The summed E-state index contributed by atoms with van der Waals surface area (Å²) in [6, 6.07) is -0.333. The molecule has 1 aliphatic heterocycles. The fraction of sp³-hybridized carbons (Fsp3) is 1.00. The number of nitrogens with zero attached hydrogens (tertiary/aromatic N) is 1. The van der Waals surface area contributed by atoms with Gasteiger partial charge in [0.25, 0.3) is 0 Å². The zero-order valence-corrected chi connectivity index (χ0v) is 11.0. The number of sulfonamides is 1. The van der Waals surface area contributed by atoms with Crippen LogP contribution in [-0.4, -0.2) is 56.5 Å². The quantitative estimate of drug-likeness (QED) is 0.714. The smallest absolute Gasteiger partial charge is 0.212 e. The molecule has 2 atom stereocenters. The number of rotatable bonds is 4. The predicted molar refractivity (Wildman–Crippen MR) is 63.7 cm³/mol. The van der Waals surface area contributed by atoms with Gasteiger partial charge in [-0.05, 0) is 25.9 Å². The molecule has 1 rings (SSSR count). The highest BCUT2D eigenvalue weighted by atomic mass is 32.2. The van der Waals surface area contributed by atoms with E-state index in [1.807, 2.05) is 25.8 Å². The number of piperidine rings is 1. The van der Waals surface area contributed by atoms with Gasteiger partial charge in [-0.1, -0.05) is 13.8 Å². The zero-order valence-electron chi connectivity index (χ0n) is 10.2. The van der Waals surface area contributed by atoms with E-state index in [-0.39, 0.29) is 17.7 Å². The second kappa shape index (κ2) is 5.44. The van der Waals surface area contributed by atoms with Gasteiger partial charge in [0.2, 0.25) is 10.0 Å². The molecule has 6 heteroatoms. The van der Waals surface area contributed by atoms with Gasteiger partial charge in [0.05, 0.1) is 17.9 Å². The Balaban J connectivity index is 2.54. The maximum atomic E-state index is 11.7. The first-order valence-electron chi connectivity index (χ1n) is 5.67. The first kappa shape index (κ1) is 13.9. The summed E-state index contributed by atoms with van der Waals surface area (Å²) >= 11 is 0. The van der Waals surface area contributed by atoms with Crippen LogP contribution in [0.1, 0.15) is 20.3 Å². The fourth-order valence-corrected chi connectivity index (χ4v) is 3.65. The summed E-state index contributed by atoms with van der Waals surface area (Å²) in [5, 5.41) is 9.77. The Kier molecular flexibility index (Phi) is 4.73. The van der Waals surface area contributed by atoms with Crippen LogP contribution in [0.3, 0.4) is 0 Å². The first-order chi connectivity index (χ1) is 7.30. The van der Waals surface area contributed by atoms with E-state index < -0.39 is 16.1 Å². The van der Waals surface area contributed by atoms with Gasteiger partial charge >= 0.3 is 0 Å². The molecule has 1 aliphatic rings. The molecule has 0 aromatic rings. The lowest BCUT2D eigenvalue weighted by molar-refractivity contribution is 0.0602. The molecule has 0 bridgehead atoms. The minimum atomic E-state index is -3.26. The number of aliphatic hydroxyl groups excluding tert-OH is 1. The highest BCUT2D eigenvalue weighted by Gasteiger charge is 2.29. The van der Waals surface area contributed by atoms with E-state index >= 15 is 0 Å². The molecule has 2 N–H and O–H groups in total. The lowest BCUT2D eigenvalue weighted by Gasteiger charge is -2.33. The highest BCUT2D eigenvalue weighted by Crippen LogP contribution is 2.11.